The molecule has 0 saturated heterocycles. The van der Waals surface area contributed by atoms with Gasteiger partial charge >= 0.3 is 0 Å². The maximum absolute atomic E-state index is 11.7. The van der Waals surface area contributed by atoms with Gasteiger partial charge in [-0.2, -0.15) is 0 Å². The van der Waals surface area contributed by atoms with Crippen LogP contribution in [0.5, 0.6) is 0 Å². The van der Waals surface area contributed by atoms with E-state index in [1.165, 1.54) is 6.26 Å². The Morgan fingerprint density at radius 3 is 2.67 bits per heavy atom. The second kappa shape index (κ2) is 5.27. The van der Waals surface area contributed by atoms with E-state index in [0.29, 0.717) is 22.2 Å². The van der Waals surface area contributed by atoms with Crippen LogP contribution >= 0.6 is 23.2 Å². The molecule has 0 spiro atoms. The average molecular weight is 308 g/mol. The normalized spacial score (nSPS) is 24.2. The number of nitrogens with one attached hydrogen (secondary N) is 1. The van der Waals surface area contributed by atoms with E-state index in [1.807, 2.05) is 0 Å². The molecular formula is C12H15Cl2NO2S. The molecule has 0 bridgehead atoms. The largest absolute Gasteiger partial charge is 0.380 e. The first-order valence-electron chi connectivity index (χ1n) is 5.78. The highest BCUT2D eigenvalue weighted by molar-refractivity contribution is 7.91. The first-order chi connectivity index (χ1) is 8.38. The molecule has 2 atom stereocenters. The van der Waals surface area contributed by atoms with Crippen molar-refractivity contribution in [1.29, 1.82) is 0 Å². The molecule has 0 amide bonds. The lowest BCUT2D eigenvalue weighted by atomic mass is 10.2. The molecule has 0 aliphatic heterocycles. The summed E-state index contributed by atoms with van der Waals surface area (Å²) in [6.07, 6.45) is 3.74. The van der Waals surface area contributed by atoms with Crippen LogP contribution in [0.4, 0.5) is 5.69 Å². The molecule has 1 aromatic rings. The number of hydrogen-bond acceptors (Lipinski definition) is 3. The maximum atomic E-state index is 11.7. The van der Waals surface area contributed by atoms with Crippen molar-refractivity contribution < 1.29 is 8.42 Å². The van der Waals surface area contributed by atoms with Gasteiger partial charge < -0.3 is 5.32 Å². The minimum Gasteiger partial charge on any atom is -0.380 e. The van der Waals surface area contributed by atoms with Gasteiger partial charge in [0, 0.05) is 17.3 Å². The highest BCUT2D eigenvalue weighted by Gasteiger charge is 2.34. The van der Waals surface area contributed by atoms with Crippen molar-refractivity contribution in [3.8, 4) is 0 Å². The number of sulfone groups is 1. The van der Waals surface area contributed by atoms with Gasteiger partial charge in [0.1, 0.15) is 0 Å². The quantitative estimate of drug-likeness (QED) is 0.931. The van der Waals surface area contributed by atoms with Crippen molar-refractivity contribution in [3.05, 3.63) is 28.2 Å². The molecule has 1 fully saturated rings. The predicted octanol–water partition coefficient (Wildman–Crippen LogP) is 3.37. The lowest BCUT2D eigenvalue weighted by molar-refractivity contribution is 0.579. The van der Waals surface area contributed by atoms with Crippen molar-refractivity contribution in [2.75, 3.05) is 11.6 Å². The lowest BCUT2D eigenvalue weighted by Gasteiger charge is -2.21. The summed E-state index contributed by atoms with van der Waals surface area (Å²) in [7, 11) is -3.03. The van der Waals surface area contributed by atoms with Gasteiger partial charge in [-0.1, -0.05) is 23.2 Å². The minimum absolute atomic E-state index is 0.0871. The fraction of sp³-hybridized carbons (Fsp3) is 0.500. The molecule has 6 heteroatoms. The Labute approximate surface area is 117 Å². The van der Waals surface area contributed by atoms with Crippen LogP contribution in [0.2, 0.25) is 10.0 Å². The predicted molar refractivity (Wildman–Crippen MR) is 76.4 cm³/mol. The molecule has 2 unspecified atom stereocenters. The van der Waals surface area contributed by atoms with Crippen LogP contribution in [0.15, 0.2) is 18.2 Å². The summed E-state index contributed by atoms with van der Waals surface area (Å²) in [5.74, 6) is 0. The van der Waals surface area contributed by atoms with Crippen LogP contribution in [0, 0.1) is 0 Å². The number of hydrogen-bond donors (Lipinski definition) is 1. The number of rotatable bonds is 3. The molecule has 1 aliphatic rings. The summed E-state index contributed by atoms with van der Waals surface area (Å²) in [6, 6.07) is 5.05. The maximum Gasteiger partial charge on any atom is 0.152 e. The van der Waals surface area contributed by atoms with Crippen LogP contribution in [-0.2, 0) is 9.84 Å². The van der Waals surface area contributed by atoms with Gasteiger partial charge in [-0.15, -0.1) is 0 Å². The van der Waals surface area contributed by atoms with E-state index in [9.17, 15) is 8.42 Å². The summed E-state index contributed by atoms with van der Waals surface area (Å²) < 4.78 is 23.4. The van der Waals surface area contributed by atoms with Crippen LogP contribution in [0.1, 0.15) is 19.3 Å². The van der Waals surface area contributed by atoms with Gasteiger partial charge in [0.15, 0.2) is 9.84 Å². The topological polar surface area (TPSA) is 46.2 Å². The monoisotopic (exact) mass is 307 g/mol. The van der Waals surface area contributed by atoms with Crippen molar-refractivity contribution >= 4 is 38.7 Å². The standard InChI is InChI=1S/C12H15Cl2NO2S/c1-18(16,17)12-4-2-3-10(12)15-11-7-8(13)5-6-9(11)14/h5-7,10,12,15H,2-4H2,1H3. The molecule has 0 heterocycles. The summed E-state index contributed by atoms with van der Waals surface area (Å²) in [4.78, 5) is 0. The molecule has 2 rings (SSSR count). The second-order valence-corrected chi connectivity index (χ2v) is 7.78. The van der Waals surface area contributed by atoms with Gasteiger partial charge in [-0.3, -0.25) is 0 Å². The van der Waals surface area contributed by atoms with E-state index in [2.05, 4.69) is 5.32 Å². The molecule has 1 N–H and O–H groups in total. The first kappa shape index (κ1) is 14.0. The molecule has 3 nitrogen and oxygen atoms in total. The summed E-state index contributed by atoms with van der Waals surface area (Å²) in [6.45, 7) is 0. The van der Waals surface area contributed by atoms with E-state index < -0.39 is 9.84 Å². The third-order valence-electron chi connectivity index (χ3n) is 3.27. The van der Waals surface area contributed by atoms with Crippen molar-refractivity contribution in [3.63, 3.8) is 0 Å². The molecule has 18 heavy (non-hydrogen) atoms. The van der Waals surface area contributed by atoms with Crippen molar-refractivity contribution in [2.45, 2.75) is 30.6 Å². The van der Waals surface area contributed by atoms with Crippen molar-refractivity contribution in [2.24, 2.45) is 0 Å². The highest BCUT2D eigenvalue weighted by Crippen LogP contribution is 2.32. The van der Waals surface area contributed by atoms with Crippen molar-refractivity contribution in [1.82, 2.24) is 0 Å². The number of benzene rings is 1. The molecule has 100 valence electrons. The highest BCUT2D eigenvalue weighted by atomic mass is 35.5. The van der Waals surface area contributed by atoms with Crippen LogP contribution in [0.3, 0.4) is 0 Å². The number of anilines is 1. The molecule has 1 saturated carbocycles. The Balaban J connectivity index is 2.21. The average Bonchev–Trinajstić information content (AvgIpc) is 2.71. The third-order valence-corrected chi connectivity index (χ3v) is 5.50. The molecule has 0 aromatic heterocycles. The van der Waals surface area contributed by atoms with Gasteiger partial charge in [0.25, 0.3) is 0 Å². The second-order valence-electron chi connectivity index (χ2n) is 4.67. The molecular weight excluding hydrogens is 293 g/mol. The summed E-state index contributed by atoms with van der Waals surface area (Å²) in [5.41, 5.74) is 0.699. The summed E-state index contributed by atoms with van der Waals surface area (Å²) >= 11 is 12.0. The fourth-order valence-corrected chi connectivity index (χ4v) is 4.15. The molecule has 1 aromatic carbocycles. The van der Waals surface area contributed by atoms with E-state index in [4.69, 9.17) is 23.2 Å². The van der Waals surface area contributed by atoms with Gasteiger partial charge in [-0.25, -0.2) is 8.42 Å². The molecule has 1 aliphatic carbocycles. The Hall–Kier alpha value is -0.450. The zero-order chi connectivity index (χ0) is 13.3. The Morgan fingerprint density at radius 2 is 2.00 bits per heavy atom. The Morgan fingerprint density at radius 1 is 1.28 bits per heavy atom. The van der Waals surface area contributed by atoms with E-state index in [-0.39, 0.29) is 11.3 Å². The van der Waals surface area contributed by atoms with E-state index in [0.717, 1.165) is 12.8 Å². The smallest absolute Gasteiger partial charge is 0.152 e. The minimum atomic E-state index is -3.03. The van der Waals surface area contributed by atoms with Gasteiger partial charge in [0.05, 0.1) is 16.0 Å². The van der Waals surface area contributed by atoms with Crippen LogP contribution in [-0.4, -0.2) is 26.0 Å². The van der Waals surface area contributed by atoms with Gasteiger partial charge in [0.2, 0.25) is 0 Å². The van der Waals surface area contributed by atoms with Crippen LogP contribution in [0.25, 0.3) is 0 Å². The Bertz CT molecular complexity index is 545. The van der Waals surface area contributed by atoms with Crippen LogP contribution < -0.4 is 5.32 Å². The Kier molecular flexibility index (Phi) is 4.09. The fourth-order valence-electron chi connectivity index (χ4n) is 2.41. The first-order valence-corrected chi connectivity index (χ1v) is 8.49. The molecule has 0 radical (unpaired) electrons. The van der Waals surface area contributed by atoms with E-state index in [1.54, 1.807) is 18.2 Å². The lowest BCUT2D eigenvalue weighted by Crippen LogP contribution is -2.34. The SMILES string of the molecule is CS(=O)(=O)C1CCCC1Nc1cc(Cl)ccc1Cl. The van der Waals surface area contributed by atoms with E-state index >= 15 is 0 Å². The summed E-state index contributed by atoms with van der Waals surface area (Å²) in [5, 5.41) is 4.00. The zero-order valence-corrected chi connectivity index (χ0v) is 12.3. The number of halogens is 2. The van der Waals surface area contributed by atoms with Gasteiger partial charge in [-0.05, 0) is 37.5 Å². The third kappa shape index (κ3) is 3.11. The zero-order valence-electron chi connectivity index (χ0n) is 9.99.